The van der Waals surface area contributed by atoms with E-state index in [9.17, 15) is 48.8 Å². The van der Waals surface area contributed by atoms with Gasteiger partial charge in [0, 0.05) is 59.5 Å². The van der Waals surface area contributed by atoms with E-state index in [1.807, 2.05) is 36.4 Å². The maximum Gasteiger partial charge on any atom is 0.310 e. The molecule has 5 rings (SSSR count). The number of fused-ring (bicyclic) bond motifs is 2. The number of aromatic hydroxyl groups is 1. The number of amides is 7. The normalized spacial score (nSPS) is 13.9. The third kappa shape index (κ3) is 13.6. The summed E-state index contributed by atoms with van der Waals surface area (Å²) in [6.45, 7) is 1.84. The number of nitrogens with one attached hydrogen (secondary N) is 7. The van der Waals surface area contributed by atoms with E-state index in [2.05, 4.69) is 36.6 Å². The molecule has 5 aromatic rings. The van der Waals surface area contributed by atoms with Crippen molar-refractivity contribution in [1.82, 2.24) is 36.6 Å². The van der Waals surface area contributed by atoms with Gasteiger partial charge in [-0.25, -0.2) is 0 Å². The average molecular weight is 925 g/mol. The summed E-state index contributed by atoms with van der Waals surface area (Å²) in [6, 6.07) is 9.78. The van der Waals surface area contributed by atoms with Crippen LogP contribution in [0.1, 0.15) is 55.7 Å². The lowest BCUT2D eigenvalue weighted by molar-refractivity contribution is -0.385. The van der Waals surface area contributed by atoms with Crippen molar-refractivity contribution in [3.63, 3.8) is 0 Å². The van der Waals surface area contributed by atoms with Gasteiger partial charge in [-0.2, -0.15) is 0 Å². The summed E-state index contributed by atoms with van der Waals surface area (Å²) in [5.41, 5.74) is 24.8. The van der Waals surface area contributed by atoms with Gasteiger partial charge in [0.2, 0.25) is 41.4 Å². The van der Waals surface area contributed by atoms with Crippen molar-refractivity contribution in [2.75, 3.05) is 6.54 Å². The Balaban J connectivity index is 1.48. The van der Waals surface area contributed by atoms with Crippen LogP contribution in [0.5, 0.6) is 5.75 Å². The van der Waals surface area contributed by atoms with Crippen LogP contribution in [0.25, 0.3) is 21.8 Å². The molecule has 22 heteroatoms. The Labute approximate surface area is 383 Å². The molecule has 22 nitrogen and oxygen atoms in total. The van der Waals surface area contributed by atoms with Crippen LogP contribution in [0.2, 0.25) is 0 Å². The van der Waals surface area contributed by atoms with Crippen molar-refractivity contribution in [3.05, 3.63) is 106 Å². The fraction of sp³-hybridized carbons (Fsp3) is 0.356. The third-order valence-corrected chi connectivity index (χ3v) is 11.2. The number of nitro benzene ring substituents is 1. The van der Waals surface area contributed by atoms with E-state index in [0.29, 0.717) is 24.0 Å². The molecule has 16 N–H and O–H groups in total. The molecule has 0 saturated heterocycles. The standard InChI is InChI=1S/C45H56N12O10/c1-2-30(40(49)60)52-43(63)34(17-24-14-15-38(58)37(18-24)57(66)67)55-42(62)33(13-7-8-16-46)53-44(64)36(20-26-23-51-32-12-6-4-10-28(26)32)56-45(65)35(54-41(61)29(47)21-39(48)59)19-25-22-50-31-11-5-3-9-27(25)31/h3-6,9-12,14-15,18,22-23,29-30,33-36,50-51,58H,2,7-8,13,16-17,19-21,46-47H2,1H3,(H2,48,59)(H2,49,60)(H,52,63)(H,53,64)(H,54,61)(H,55,62)(H,56,65)/t29-,30?,33-,34-,35-,36-/m0/s1. The van der Waals surface area contributed by atoms with Crippen LogP contribution >= 0.6 is 0 Å². The fourth-order valence-electron chi connectivity index (χ4n) is 7.56. The Bertz CT molecular complexity index is 2610. The highest BCUT2D eigenvalue weighted by molar-refractivity contribution is 5.98. The zero-order chi connectivity index (χ0) is 48.8. The number of benzene rings is 3. The number of H-pyrrole nitrogens is 2. The Kier molecular flexibility index (Phi) is 17.5. The van der Waals surface area contributed by atoms with Crippen molar-refractivity contribution in [1.29, 1.82) is 0 Å². The number of unbranched alkanes of at least 4 members (excludes halogenated alkanes) is 1. The Morgan fingerprint density at radius 1 is 0.672 bits per heavy atom. The van der Waals surface area contributed by atoms with E-state index >= 15 is 0 Å². The van der Waals surface area contributed by atoms with Crippen LogP contribution in [0, 0.1) is 10.1 Å². The Hall–Kier alpha value is -7.85. The largest absolute Gasteiger partial charge is 0.502 e. The molecule has 67 heavy (non-hydrogen) atoms. The van der Waals surface area contributed by atoms with Crippen LogP contribution in [-0.4, -0.2) is 104 Å². The third-order valence-electron chi connectivity index (χ3n) is 11.2. The topological polar surface area (TPSA) is 379 Å². The van der Waals surface area contributed by atoms with Crippen molar-refractivity contribution < 1.29 is 43.6 Å². The molecule has 0 aliphatic heterocycles. The van der Waals surface area contributed by atoms with Gasteiger partial charge < -0.3 is 64.6 Å². The zero-order valence-electron chi connectivity index (χ0n) is 36.7. The number of carbonyl (C=O) groups excluding carboxylic acids is 7. The minimum absolute atomic E-state index is 0.00257. The molecule has 1 unspecified atom stereocenters. The molecular formula is C45H56N12O10. The smallest absolute Gasteiger partial charge is 0.310 e. The van der Waals surface area contributed by atoms with Crippen LogP contribution in [0.15, 0.2) is 79.1 Å². The summed E-state index contributed by atoms with van der Waals surface area (Å²) in [5, 5.41) is 36.4. The first-order valence-corrected chi connectivity index (χ1v) is 21.6. The van der Waals surface area contributed by atoms with Crippen molar-refractivity contribution in [3.8, 4) is 5.75 Å². The first-order valence-electron chi connectivity index (χ1n) is 21.6. The van der Waals surface area contributed by atoms with E-state index in [1.54, 1.807) is 31.5 Å². The first kappa shape index (κ1) is 50.2. The average Bonchev–Trinajstić information content (AvgIpc) is 3.90. The number of rotatable bonds is 25. The minimum atomic E-state index is -1.49. The van der Waals surface area contributed by atoms with Crippen molar-refractivity contribution in [2.24, 2.45) is 22.9 Å². The summed E-state index contributed by atoms with van der Waals surface area (Å²) >= 11 is 0. The van der Waals surface area contributed by atoms with Gasteiger partial charge in [-0.15, -0.1) is 0 Å². The maximum atomic E-state index is 14.6. The number of carbonyl (C=O) groups is 7. The van der Waals surface area contributed by atoms with Gasteiger partial charge in [0.05, 0.1) is 17.4 Å². The first-order chi connectivity index (χ1) is 32.0. The highest BCUT2D eigenvalue weighted by atomic mass is 16.6. The van der Waals surface area contributed by atoms with Crippen LogP contribution in [0.3, 0.4) is 0 Å². The predicted molar refractivity (Wildman–Crippen MR) is 246 cm³/mol. The summed E-state index contributed by atoms with van der Waals surface area (Å²) in [6.07, 6.45) is 3.12. The van der Waals surface area contributed by atoms with Crippen molar-refractivity contribution in [2.45, 2.75) is 94.5 Å². The van der Waals surface area contributed by atoms with E-state index in [4.69, 9.17) is 22.9 Å². The van der Waals surface area contributed by atoms with Crippen LogP contribution in [0.4, 0.5) is 5.69 Å². The van der Waals surface area contributed by atoms with Gasteiger partial charge in [0.15, 0.2) is 5.75 Å². The molecule has 356 valence electrons. The lowest BCUT2D eigenvalue weighted by Crippen LogP contribution is -2.60. The highest BCUT2D eigenvalue weighted by Crippen LogP contribution is 2.27. The second kappa shape index (κ2) is 23.4. The lowest BCUT2D eigenvalue weighted by Gasteiger charge is -2.27. The number of nitrogens with zero attached hydrogens (tertiary/aromatic N) is 1. The quantitative estimate of drug-likeness (QED) is 0.0208. The number of hydrogen-bond acceptors (Lipinski definition) is 12. The summed E-state index contributed by atoms with van der Waals surface area (Å²) in [7, 11) is 0. The molecule has 0 spiro atoms. The summed E-state index contributed by atoms with van der Waals surface area (Å²) in [5.74, 6) is -6.55. The molecule has 2 aromatic heterocycles. The number of nitrogens with two attached hydrogens (primary N) is 4. The SMILES string of the molecule is CCC(NC(=O)[C@H](Cc1ccc(O)c([N+](=O)[O-])c1)NC(=O)[C@H](CCCCN)NC(=O)[C@H](Cc1c[nH]c2ccccc12)NC(=O)[C@H](Cc1c[nH]c2ccccc12)NC(=O)[C@@H](N)CC(N)=O)C(N)=O. The molecule has 0 radical (unpaired) electrons. The van der Waals surface area contributed by atoms with E-state index < -0.39 is 100 Å². The monoisotopic (exact) mass is 924 g/mol. The second-order valence-corrected chi connectivity index (χ2v) is 16.1. The van der Waals surface area contributed by atoms with Gasteiger partial charge in [-0.1, -0.05) is 49.4 Å². The number of phenols is 1. The molecule has 0 saturated carbocycles. The number of aromatic amines is 2. The van der Waals surface area contributed by atoms with Gasteiger partial charge in [-0.05, 0) is 67.1 Å². The lowest BCUT2D eigenvalue weighted by atomic mass is 10.00. The molecule has 0 aliphatic carbocycles. The number of primary amides is 2. The Morgan fingerprint density at radius 3 is 1.64 bits per heavy atom. The minimum Gasteiger partial charge on any atom is -0.502 e. The second-order valence-electron chi connectivity index (χ2n) is 16.1. The molecule has 7 amide bonds. The van der Waals surface area contributed by atoms with Crippen LogP contribution < -0.4 is 49.5 Å². The predicted octanol–water partition coefficient (Wildman–Crippen LogP) is -0.0581. The zero-order valence-corrected chi connectivity index (χ0v) is 36.7. The van der Waals surface area contributed by atoms with Gasteiger partial charge in [0.25, 0.3) is 0 Å². The number of phenolic OH excluding ortho intramolecular Hbond substituents is 1. The van der Waals surface area contributed by atoms with Gasteiger partial charge >= 0.3 is 5.69 Å². The molecule has 6 atom stereocenters. The molecule has 3 aromatic carbocycles. The number of hydrogen-bond donors (Lipinski definition) is 12. The number of nitro groups is 1. The maximum absolute atomic E-state index is 14.6. The van der Waals surface area contributed by atoms with Gasteiger partial charge in [-0.3, -0.25) is 43.7 Å². The van der Waals surface area contributed by atoms with Crippen molar-refractivity contribution >= 4 is 68.8 Å². The number of aromatic nitrogens is 2. The van der Waals surface area contributed by atoms with Crippen LogP contribution in [-0.2, 0) is 52.8 Å². The summed E-state index contributed by atoms with van der Waals surface area (Å²) < 4.78 is 0. The van der Waals surface area contributed by atoms with E-state index in [0.717, 1.165) is 33.9 Å². The molecule has 2 heterocycles. The highest BCUT2D eigenvalue weighted by Gasteiger charge is 2.34. The molecule has 0 bridgehead atoms. The van der Waals surface area contributed by atoms with E-state index in [1.165, 1.54) is 6.07 Å². The molecule has 0 aliphatic rings. The van der Waals surface area contributed by atoms with Gasteiger partial charge in [0.1, 0.15) is 30.2 Å². The van der Waals surface area contributed by atoms with E-state index in [-0.39, 0.29) is 44.2 Å². The fourth-order valence-corrected chi connectivity index (χ4v) is 7.56. The summed E-state index contributed by atoms with van der Waals surface area (Å²) in [4.78, 5) is 111. The number of para-hydroxylation sites is 2. The molecule has 0 fully saturated rings. The Morgan fingerprint density at radius 2 is 1.15 bits per heavy atom. The molecular weight excluding hydrogens is 869 g/mol.